The Morgan fingerprint density at radius 3 is 1.92 bits per heavy atom. The third kappa shape index (κ3) is 7.40. The second-order valence-electron chi connectivity index (χ2n) is 10.4. The van der Waals surface area contributed by atoms with Crippen LogP contribution in [0, 0.1) is 17.0 Å². The molecule has 0 aliphatic heterocycles. The number of azo groups is 2. The lowest BCUT2D eigenvalue weighted by atomic mass is 10.1. The fourth-order valence-corrected chi connectivity index (χ4v) is 6.95. The number of phenols is 1. The van der Waals surface area contributed by atoms with Gasteiger partial charge in [0.05, 0.1) is 32.3 Å². The molecule has 5 aromatic rings. The van der Waals surface area contributed by atoms with E-state index in [4.69, 9.17) is 5.73 Å². The first-order chi connectivity index (χ1) is 23.4. The van der Waals surface area contributed by atoms with Gasteiger partial charge in [-0.05, 0) is 66.4 Å². The number of nitrogens with two attached hydrogens (primary N) is 1. The molecule has 0 amide bonds. The van der Waals surface area contributed by atoms with E-state index in [0.717, 1.165) is 18.2 Å². The average molecular weight is 742 g/mol. The summed E-state index contributed by atoms with van der Waals surface area (Å²) >= 11 is 0. The van der Waals surface area contributed by atoms with E-state index in [9.17, 15) is 49.6 Å². The Morgan fingerprint density at radius 2 is 1.34 bits per heavy atom. The molecule has 5 aromatic carbocycles. The molecule has 6 N–H and O–H groups in total. The first-order valence-electron chi connectivity index (χ1n) is 13.7. The summed E-state index contributed by atoms with van der Waals surface area (Å²) in [7, 11) is -14.5. The zero-order valence-corrected chi connectivity index (χ0v) is 27.7. The number of non-ortho nitro benzene ring substituents is 1. The van der Waals surface area contributed by atoms with E-state index in [1.54, 1.807) is 18.2 Å². The van der Waals surface area contributed by atoms with Crippen molar-refractivity contribution < 1.29 is 44.4 Å². The molecule has 0 atom stereocenters. The van der Waals surface area contributed by atoms with Gasteiger partial charge in [0.15, 0.2) is 5.75 Å². The largest absolute Gasteiger partial charge is 0.505 e. The molecule has 0 saturated heterocycles. The van der Waals surface area contributed by atoms with Crippen molar-refractivity contribution in [2.24, 2.45) is 20.5 Å². The summed E-state index contributed by atoms with van der Waals surface area (Å²) in [5.74, 6) is -1.03. The molecular weight excluding hydrogens is 719 g/mol. The molecule has 0 fully saturated rings. The molecule has 0 aliphatic carbocycles. The van der Waals surface area contributed by atoms with Crippen LogP contribution in [0.25, 0.3) is 10.8 Å². The smallest absolute Gasteiger partial charge is 0.296 e. The lowest BCUT2D eigenvalue weighted by Gasteiger charge is -2.14. The second-order valence-corrected chi connectivity index (χ2v) is 14.8. The van der Waals surface area contributed by atoms with Gasteiger partial charge in [-0.2, -0.15) is 27.1 Å². The maximum absolute atomic E-state index is 13.0. The number of benzene rings is 5. The van der Waals surface area contributed by atoms with Crippen LogP contribution in [0.15, 0.2) is 120 Å². The molecule has 0 aromatic heterocycles. The monoisotopic (exact) mass is 741 g/mol. The van der Waals surface area contributed by atoms with E-state index in [-0.39, 0.29) is 27.6 Å². The normalized spacial score (nSPS) is 12.5. The number of nitro groups is 1. The highest BCUT2D eigenvalue weighted by Crippen LogP contribution is 2.48. The van der Waals surface area contributed by atoms with Crippen LogP contribution in [0.1, 0.15) is 5.56 Å². The number of fused-ring (bicyclic) bond motifs is 1. The van der Waals surface area contributed by atoms with Gasteiger partial charge in [-0.1, -0.05) is 24.3 Å². The fourth-order valence-electron chi connectivity index (χ4n) is 4.54. The number of hydrogen-bond acceptors (Lipinski definition) is 14. The molecular formula is C29H23N7O11S3. The number of para-hydroxylation sites is 1. The van der Waals surface area contributed by atoms with Crippen molar-refractivity contribution in [3.8, 4) is 5.75 Å². The predicted octanol–water partition coefficient (Wildman–Crippen LogP) is 6.47. The standard InChI is InChI=1S/C29H23N7O11S3/c1-16-7-12-21(48(40,41)35-19-5-3-2-4-6-19)15-22(16)32-34-28-24(50(45,46)47)14-17-13-23(49(42,43)44)27(26(30)25(17)29(28)37)33-31-18-8-10-20(11-9-18)36(38)39/h2-15,35,37H,30H2,1H3,(H,42,43,44)(H,45,46,47). The molecule has 0 bridgehead atoms. The molecule has 0 aliphatic rings. The van der Waals surface area contributed by atoms with Crippen LogP contribution in [0.4, 0.5) is 39.8 Å². The number of nitro benzene ring substituents is 1. The number of sulfonamides is 1. The topological polar surface area (TPSA) is 294 Å². The van der Waals surface area contributed by atoms with Gasteiger partial charge in [0.2, 0.25) is 0 Å². The van der Waals surface area contributed by atoms with Crippen molar-refractivity contribution in [2.45, 2.75) is 21.6 Å². The van der Waals surface area contributed by atoms with Crippen molar-refractivity contribution >= 4 is 80.8 Å². The minimum atomic E-state index is -5.22. The van der Waals surface area contributed by atoms with Crippen molar-refractivity contribution in [3.63, 3.8) is 0 Å². The van der Waals surface area contributed by atoms with Gasteiger partial charge in [-0.3, -0.25) is 23.9 Å². The summed E-state index contributed by atoms with van der Waals surface area (Å²) in [6.45, 7) is 1.54. The fraction of sp³-hybridized carbons (Fsp3) is 0.0345. The van der Waals surface area contributed by atoms with Gasteiger partial charge < -0.3 is 10.8 Å². The van der Waals surface area contributed by atoms with Crippen LogP contribution in [-0.4, -0.2) is 44.4 Å². The summed E-state index contributed by atoms with van der Waals surface area (Å²) < 4.78 is 97.9. The minimum Gasteiger partial charge on any atom is -0.505 e. The van der Waals surface area contributed by atoms with Gasteiger partial charge in [0.25, 0.3) is 35.9 Å². The van der Waals surface area contributed by atoms with Gasteiger partial charge in [-0.25, -0.2) is 8.42 Å². The molecule has 0 spiro atoms. The van der Waals surface area contributed by atoms with E-state index < -0.39 is 78.6 Å². The van der Waals surface area contributed by atoms with Crippen molar-refractivity contribution in [3.05, 3.63) is 101 Å². The van der Waals surface area contributed by atoms with Crippen LogP contribution in [-0.2, 0) is 30.3 Å². The number of rotatable bonds is 10. The van der Waals surface area contributed by atoms with Crippen LogP contribution in [0.3, 0.4) is 0 Å². The minimum absolute atomic E-state index is 0.00426. The van der Waals surface area contributed by atoms with Crippen LogP contribution in [0.2, 0.25) is 0 Å². The molecule has 0 unspecified atom stereocenters. The molecule has 0 radical (unpaired) electrons. The third-order valence-corrected chi connectivity index (χ3v) is 10.1. The number of phenolic OH excluding ortho intramolecular Hbond substituents is 1. The predicted molar refractivity (Wildman–Crippen MR) is 180 cm³/mol. The molecule has 0 heterocycles. The number of anilines is 2. The number of nitrogen functional groups attached to an aromatic ring is 1. The molecule has 50 heavy (non-hydrogen) atoms. The molecule has 258 valence electrons. The highest BCUT2D eigenvalue weighted by Gasteiger charge is 2.28. The quantitative estimate of drug-likeness (QED) is 0.0338. The van der Waals surface area contributed by atoms with E-state index >= 15 is 0 Å². The van der Waals surface area contributed by atoms with E-state index in [1.807, 2.05) is 0 Å². The first-order valence-corrected chi connectivity index (χ1v) is 18.1. The molecule has 21 heteroatoms. The summed E-state index contributed by atoms with van der Waals surface area (Å²) in [6.07, 6.45) is 0. The lowest BCUT2D eigenvalue weighted by Crippen LogP contribution is -2.12. The first kappa shape index (κ1) is 35.4. The average Bonchev–Trinajstić information content (AvgIpc) is 3.03. The summed E-state index contributed by atoms with van der Waals surface area (Å²) in [5, 5.41) is 36.7. The van der Waals surface area contributed by atoms with Gasteiger partial charge in [0, 0.05) is 17.8 Å². The molecule has 18 nitrogen and oxygen atoms in total. The van der Waals surface area contributed by atoms with Crippen LogP contribution < -0.4 is 10.5 Å². The van der Waals surface area contributed by atoms with Gasteiger partial charge in [-0.15, -0.1) is 10.2 Å². The Labute approximate surface area is 283 Å². The summed E-state index contributed by atoms with van der Waals surface area (Å²) in [6, 6.07) is 17.8. The number of aryl methyl sites for hydroxylation is 1. The Balaban J connectivity index is 1.67. The third-order valence-electron chi connectivity index (χ3n) is 6.97. The van der Waals surface area contributed by atoms with Crippen molar-refractivity contribution in [1.82, 2.24) is 0 Å². The van der Waals surface area contributed by atoms with E-state index in [2.05, 4.69) is 25.2 Å². The Morgan fingerprint density at radius 1 is 0.760 bits per heavy atom. The maximum atomic E-state index is 13.0. The highest BCUT2D eigenvalue weighted by molar-refractivity contribution is 7.92. The van der Waals surface area contributed by atoms with Gasteiger partial charge in [0.1, 0.15) is 21.2 Å². The SMILES string of the molecule is Cc1ccc(S(=O)(=O)Nc2ccccc2)cc1N=Nc1c(S(=O)(=O)O)cc2cc(S(=O)(=O)O)c(N=Nc3ccc([N+](=O)[O-])cc3)c(N)c2c1O. The van der Waals surface area contributed by atoms with Crippen molar-refractivity contribution in [2.75, 3.05) is 10.5 Å². The zero-order chi connectivity index (χ0) is 36.6. The van der Waals surface area contributed by atoms with E-state index in [1.165, 1.54) is 43.3 Å². The van der Waals surface area contributed by atoms with E-state index in [0.29, 0.717) is 17.7 Å². The zero-order valence-electron chi connectivity index (χ0n) is 25.2. The Hall–Kier alpha value is -5.87. The maximum Gasteiger partial charge on any atom is 0.296 e. The summed E-state index contributed by atoms with van der Waals surface area (Å²) in [4.78, 5) is 8.00. The molecule has 0 saturated carbocycles. The molecule has 5 rings (SSSR count). The number of hydrogen-bond donors (Lipinski definition) is 5. The number of nitrogens with one attached hydrogen (secondary N) is 1. The highest BCUT2D eigenvalue weighted by atomic mass is 32.2. The van der Waals surface area contributed by atoms with Crippen LogP contribution in [0.5, 0.6) is 5.75 Å². The van der Waals surface area contributed by atoms with Gasteiger partial charge >= 0.3 is 0 Å². The number of aromatic hydroxyl groups is 1. The number of nitrogens with zero attached hydrogens (tertiary/aromatic N) is 5. The summed E-state index contributed by atoms with van der Waals surface area (Å²) in [5.41, 5.74) is 4.24. The second kappa shape index (κ2) is 13.2. The van der Waals surface area contributed by atoms with Crippen molar-refractivity contribution in [1.29, 1.82) is 0 Å². The Kier molecular flexibility index (Phi) is 9.36. The van der Waals surface area contributed by atoms with Crippen LogP contribution >= 0.6 is 0 Å². The lowest BCUT2D eigenvalue weighted by molar-refractivity contribution is -0.384. The Bertz CT molecular complexity index is 2580.